The zero-order valence-electron chi connectivity index (χ0n) is 14.3. The largest absolute Gasteiger partial charge is 0.497 e. The maximum absolute atomic E-state index is 9.11. The summed E-state index contributed by atoms with van der Waals surface area (Å²) >= 11 is 0. The van der Waals surface area contributed by atoms with Crippen LogP contribution in [-0.4, -0.2) is 18.6 Å². The van der Waals surface area contributed by atoms with Gasteiger partial charge in [0, 0.05) is 23.6 Å². The molecule has 1 aromatic heterocycles. The van der Waals surface area contributed by atoms with Crippen LogP contribution in [0.3, 0.4) is 0 Å². The van der Waals surface area contributed by atoms with Gasteiger partial charge in [0.2, 0.25) is 0 Å². The highest BCUT2D eigenvalue weighted by Gasteiger charge is 2.39. The van der Waals surface area contributed by atoms with Gasteiger partial charge in [-0.25, -0.2) is 0 Å². The van der Waals surface area contributed by atoms with E-state index in [9.17, 15) is 0 Å². The van der Waals surface area contributed by atoms with Crippen molar-refractivity contribution in [3.05, 3.63) is 65.4 Å². The molecule has 126 valence electrons. The molecule has 0 radical (unpaired) electrons. The van der Waals surface area contributed by atoms with Crippen LogP contribution < -0.4 is 10.1 Å². The van der Waals surface area contributed by atoms with Crippen molar-refractivity contribution in [2.75, 3.05) is 13.7 Å². The number of nitrogens with one attached hydrogen (secondary N) is 2. The Morgan fingerprint density at radius 1 is 1.24 bits per heavy atom. The first-order valence-corrected chi connectivity index (χ1v) is 8.63. The molecule has 4 heteroatoms. The number of methoxy groups -OCH3 is 1. The number of ether oxygens (including phenoxy) is 1. The second-order valence-electron chi connectivity index (χ2n) is 6.70. The molecule has 4 nitrogen and oxygen atoms in total. The van der Waals surface area contributed by atoms with Crippen LogP contribution in [0, 0.1) is 17.2 Å². The molecule has 1 saturated carbocycles. The lowest BCUT2D eigenvalue weighted by Gasteiger charge is -2.06. The van der Waals surface area contributed by atoms with Crippen LogP contribution in [-0.2, 0) is 6.54 Å². The van der Waals surface area contributed by atoms with Gasteiger partial charge in [-0.1, -0.05) is 12.1 Å². The number of H-pyrrole nitrogens is 1. The summed E-state index contributed by atoms with van der Waals surface area (Å²) < 4.78 is 5.19. The fourth-order valence-electron chi connectivity index (χ4n) is 3.52. The van der Waals surface area contributed by atoms with Crippen molar-refractivity contribution in [2.45, 2.75) is 18.9 Å². The molecule has 0 bridgehead atoms. The third kappa shape index (κ3) is 3.24. The lowest BCUT2D eigenvalue weighted by atomic mass is 10.1. The van der Waals surface area contributed by atoms with Gasteiger partial charge >= 0.3 is 0 Å². The van der Waals surface area contributed by atoms with Gasteiger partial charge in [0.15, 0.2) is 0 Å². The highest BCUT2D eigenvalue weighted by molar-refractivity contribution is 5.85. The molecule has 1 fully saturated rings. The predicted molar refractivity (Wildman–Crippen MR) is 98.6 cm³/mol. The average Bonchev–Trinajstić information content (AvgIpc) is 3.30. The van der Waals surface area contributed by atoms with Crippen molar-refractivity contribution in [3.63, 3.8) is 0 Å². The smallest absolute Gasteiger partial charge is 0.118 e. The summed E-state index contributed by atoms with van der Waals surface area (Å²) in [5, 5.41) is 13.9. The summed E-state index contributed by atoms with van der Waals surface area (Å²) in [7, 11) is 1.69. The summed E-state index contributed by atoms with van der Waals surface area (Å²) in [5.41, 5.74) is 4.46. The van der Waals surface area contributed by atoms with Gasteiger partial charge in [0.05, 0.1) is 18.7 Å². The average molecular weight is 331 g/mol. The summed E-state index contributed by atoms with van der Waals surface area (Å²) in [4.78, 5) is 3.33. The summed E-state index contributed by atoms with van der Waals surface area (Å²) in [6.45, 7) is 1.89. The first-order chi connectivity index (χ1) is 12.3. The molecular formula is C21H21N3O. The minimum Gasteiger partial charge on any atom is -0.497 e. The van der Waals surface area contributed by atoms with Gasteiger partial charge in [-0.05, 0) is 66.3 Å². The van der Waals surface area contributed by atoms with E-state index in [2.05, 4.69) is 34.7 Å². The van der Waals surface area contributed by atoms with E-state index < -0.39 is 0 Å². The number of aromatic amines is 1. The maximum atomic E-state index is 9.11. The number of hydrogen-bond donors (Lipinski definition) is 2. The number of nitriles is 1. The summed E-state index contributed by atoms with van der Waals surface area (Å²) in [5.74, 6) is 2.15. The summed E-state index contributed by atoms with van der Waals surface area (Å²) in [6.07, 6.45) is 3.32. The predicted octanol–water partition coefficient (Wildman–Crippen LogP) is 3.94. The third-order valence-electron chi connectivity index (χ3n) is 5.06. The quantitative estimate of drug-likeness (QED) is 0.719. The molecule has 0 aliphatic heterocycles. The zero-order valence-corrected chi connectivity index (χ0v) is 14.3. The van der Waals surface area contributed by atoms with E-state index in [1.165, 1.54) is 22.9 Å². The molecule has 2 atom stereocenters. The Morgan fingerprint density at radius 2 is 2.08 bits per heavy atom. The Hall–Kier alpha value is -2.77. The molecule has 1 heterocycles. The summed E-state index contributed by atoms with van der Waals surface area (Å²) in [6, 6.07) is 16.3. The van der Waals surface area contributed by atoms with Crippen molar-refractivity contribution in [1.82, 2.24) is 10.3 Å². The minimum absolute atomic E-state index is 0.589. The first kappa shape index (κ1) is 15.7. The molecular weight excluding hydrogens is 310 g/mol. The topological polar surface area (TPSA) is 60.8 Å². The van der Waals surface area contributed by atoms with Crippen LogP contribution in [0.5, 0.6) is 5.75 Å². The Bertz CT molecular complexity index is 920. The molecule has 1 aliphatic carbocycles. The maximum Gasteiger partial charge on any atom is 0.118 e. The van der Waals surface area contributed by atoms with Gasteiger partial charge in [-0.3, -0.25) is 0 Å². The van der Waals surface area contributed by atoms with Crippen LogP contribution in [0.25, 0.3) is 10.9 Å². The minimum atomic E-state index is 0.589. The Balaban J connectivity index is 1.35. The number of benzene rings is 2. The number of fused-ring (bicyclic) bond motifs is 1. The molecule has 2 aromatic carbocycles. The van der Waals surface area contributed by atoms with Crippen LogP contribution in [0.1, 0.15) is 29.0 Å². The normalized spacial score (nSPS) is 18.9. The number of rotatable bonds is 6. The van der Waals surface area contributed by atoms with Crippen LogP contribution in [0.15, 0.2) is 48.7 Å². The van der Waals surface area contributed by atoms with Crippen LogP contribution in [0.2, 0.25) is 0 Å². The lowest BCUT2D eigenvalue weighted by Crippen LogP contribution is -2.16. The molecule has 25 heavy (non-hydrogen) atoms. The number of hydrogen-bond acceptors (Lipinski definition) is 3. The van der Waals surface area contributed by atoms with Crippen LogP contribution in [0.4, 0.5) is 0 Å². The van der Waals surface area contributed by atoms with E-state index in [0.717, 1.165) is 29.9 Å². The highest BCUT2D eigenvalue weighted by Crippen LogP contribution is 2.49. The fourth-order valence-corrected chi connectivity index (χ4v) is 3.52. The van der Waals surface area contributed by atoms with Gasteiger partial charge < -0.3 is 15.0 Å². The molecule has 0 spiro atoms. The SMILES string of the molecule is COc1ccc(CNC[C@@H]2C[C@H]2c2c[nH]c3ccc(C#N)cc23)cc1. The van der Waals surface area contributed by atoms with Gasteiger partial charge in [-0.2, -0.15) is 5.26 Å². The van der Waals surface area contributed by atoms with Crippen molar-refractivity contribution < 1.29 is 4.74 Å². The van der Waals surface area contributed by atoms with Crippen molar-refractivity contribution in [1.29, 1.82) is 5.26 Å². The van der Waals surface area contributed by atoms with Crippen molar-refractivity contribution >= 4 is 10.9 Å². The standard InChI is InChI=1S/C21H21N3O/c1-25-17-5-2-14(3-6-17)11-23-12-16-9-18(16)20-13-24-21-7-4-15(10-22)8-19(20)21/h2-8,13,16,18,23-24H,9,11-12H2,1H3/t16-,18+/m0/s1. The van der Waals surface area contributed by atoms with Gasteiger partial charge in [0.25, 0.3) is 0 Å². The van der Waals surface area contributed by atoms with E-state index in [4.69, 9.17) is 10.00 Å². The molecule has 0 saturated heterocycles. The zero-order chi connectivity index (χ0) is 17.2. The third-order valence-corrected chi connectivity index (χ3v) is 5.06. The molecule has 3 aromatic rings. The monoisotopic (exact) mass is 331 g/mol. The Labute approximate surface area is 147 Å². The van der Waals surface area contributed by atoms with Gasteiger partial charge in [-0.15, -0.1) is 0 Å². The molecule has 0 amide bonds. The van der Waals surface area contributed by atoms with E-state index in [0.29, 0.717) is 11.8 Å². The lowest BCUT2D eigenvalue weighted by molar-refractivity contribution is 0.414. The molecule has 1 aliphatic rings. The second-order valence-corrected chi connectivity index (χ2v) is 6.70. The van der Waals surface area contributed by atoms with E-state index >= 15 is 0 Å². The van der Waals surface area contributed by atoms with E-state index in [1.807, 2.05) is 30.3 Å². The van der Waals surface area contributed by atoms with Crippen LogP contribution >= 0.6 is 0 Å². The van der Waals surface area contributed by atoms with Crippen molar-refractivity contribution in [3.8, 4) is 11.8 Å². The van der Waals surface area contributed by atoms with Crippen molar-refractivity contribution in [2.24, 2.45) is 5.92 Å². The molecule has 2 N–H and O–H groups in total. The van der Waals surface area contributed by atoms with E-state index in [1.54, 1.807) is 7.11 Å². The Kier molecular flexibility index (Phi) is 4.17. The highest BCUT2D eigenvalue weighted by atomic mass is 16.5. The Morgan fingerprint density at radius 3 is 2.84 bits per heavy atom. The van der Waals surface area contributed by atoms with Gasteiger partial charge in [0.1, 0.15) is 5.75 Å². The van der Waals surface area contributed by atoms with E-state index in [-0.39, 0.29) is 0 Å². The second kappa shape index (κ2) is 6.62. The first-order valence-electron chi connectivity index (χ1n) is 8.63. The number of nitrogens with zero attached hydrogens (tertiary/aromatic N) is 1. The number of aromatic nitrogens is 1. The molecule has 4 rings (SSSR count). The fraction of sp³-hybridized carbons (Fsp3) is 0.286. The molecule has 0 unspecified atom stereocenters.